The van der Waals surface area contributed by atoms with Crippen molar-refractivity contribution in [3.8, 4) is 0 Å². The Morgan fingerprint density at radius 2 is 2.38 bits per heavy atom. The molecule has 0 amide bonds. The molecule has 0 aromatic heterocycles. The van der Waals surface area contributed by atoms with Crippen LogP contribution in [0.2, 0.25) is 0 Å². The normalized spacial score (nSPS) is 29.6. The van der Waals surface area contributed by atoms with Crippen LogP contribution in [-0.2, 0) is 4.79 Å². The van der Waals surface area contributed by atoms with Gasteiger partial charge in [-0.15, -0.1) is 10.2 Å². The molecule has 2 aliphatic rings. The fourth-order valence-electron chi connectivity index (χ4n) is 1.03. The molecule has 0 saturated heterocycles. The van der Waals surface area contributed by atoms with Crippen LogP contribution < -0.4 is 5.73 Å². The van der Waals surface area contributed by atoms with E-state index in [2.05, 4.69) is 20.4 Å². The standard InChI is InChI=1S/C6H5N5O2/c7-6(5(12)13)4-3(1-2-8-4)9-11-10-6/h1-2H,7H2,(H,12,13). The van der Waals surface area contributed by atoms with Crippen LogP contribution >= 0.6 is 0 Å². The molecular weight excluding hydrogens is 174 g/mol. The van der Waals surface area contributed by atoms with E-state index in [1.807, 2.05) is 0 Å². The minimum absolute atomic E-state index is 0.120. The van der Waals surface area contributed by atoms with Crippen LogP contribution in [0.4, 0.5) is 0 Å². The lowest BCUT2D eigenvalue weighted by Gasteiger charge is -2.20. The topological polar surface area (TPSA) is 113 Å². The van der Waals surface area contributed by atoms with Crippen molar-refractivity contribution in [1.82, 2.24) is 0 Å². The van der Waals surface area contributed by atoms with Crippen molar-refractivity contribution in [2.24, 2.45) is 26.2 Å². The van der Waals surface area contributed by atoms with Gasteiger partial charge in [0.05, 0.1) is 0 Å². The Balaban J connectivity index is 2.52. The Bertz CT molecular complexity index is 394. The second kappa shape index (κ2) is 2.30. The van der Waals surface area contributed by atoms with E-state index in [-0.39, 0.29) is 5.71 Å². The van der Waals surface area contributed by atoms with Crippen LogP contribution in [0.5, 0.6) is 0 Å². The first kappa shape index (κ1) is 7.74. The number of aliphatic carboxylic acids is 1. The van der Waals surface area contributed by atoms with Gasteiger partial charge >= 0.3 is 5.97 Å². The summed E-state index contributed by atoms with van der Waals surface area (Å²) in [6.07, 6.45) is 2.94. The molecule has 2 aliphatic heterocycles. The van der Waals surface area contributed by atoms with Crippen LogP contribution in [0.3, 0.4) is 0 Å². The van der Waals surface area contributed by atoms with E-state index in [9.17, 15) is 4.79 Å². The largest absolute Gasteiger partial charge is 0.478 e. The van der Waals surface area contributed by atoms with Gasteiger partial charge < -0.3 is 5.11 Å². The first-order chi connectivity index (χ1) is 6.14. The minimum Gasteiger partial charge on any atom is -0.478 e. The molecule has 0 aromatic carbocycles. The number of fused-ring (bicyclic) bond motifs is 1. The van der Waals surface area contributed by atoms with Crippen LogP contribution in [0, 0.1) is 0 Å². The van der Waals surface area contributed by atoms with Crippen molar-refractivity contribution >= 4 is 17.4 Å². The third-order valence-corrected chi connectivity index (χ3v) is 1.72. The molecule has 2 heterocycles. The number of nitrogens with zero attached hydrogens (tertiary/aromatic N) is 4. The predicted octanol–water partition coefficient (Wildman–Crippen LogP) is -0.484. The van der Waals surface area contributed by atoms with Gasteiger partial charge in [-0.05, 0) is 11.3 Å². The van der Waals surface area contributed by atoms with Gasteiger partial charge in [-0.1, -0.05) is 0 Å². The predicted molar refractivity (Wildman–Crippen MR) is 43.4 cm³/mol. The van der Waals surface area contributed by atoms with E-state index in [4.69, 9.17) is 10.8 Å². The van der Waals surface area contributed by atoms with Crippen molar-refractivity contribution in [3.63, 3.8) is 0 Å². The second-order valence-corrected chi connectivity index (χ2v) is 2.54. The average molecular weight is 179 g/mol. The lowest BCUT2D eigenvalue weighted by atomic mass is 10.0. The maximum Gasteiger partial charge on any atom is 0.355 e. The summed E-state index contributed by atoms with van der Waals surface area (Å²) >= 11 is 0. The first-order valence-electron chi connectivity index (χ1n) is 3.42. The highest BCUT2D eigenvalue weighted by Gasteiger charge is 2.45. The van der Waals surface area contributed by atoms with Gasteiger partial charge in [0.2, 0.25) is 0 Å². The highest BCUT2D eigenvalue weighted by molar-refractivity contribution is 6.53. The maximum absolute atomic E-state index is 10.8. The van der Waals surface area contributed by atoms with E-state index in [0.29, 0.717) is 5.71 Å². The van der Waals surface area contributed by atoms with E-state index in [1.165, 1.54) is 12.3 Å². The Morgan fingerprint density at radius 3 is 3.08 bits per heavy atom. The molecule has 66 valence electrons. The molecule has 0 saturated carbocycles. The van der Waals surface area contributed by atoms with Gasteiger partial charge in [-0.2, -0.15) is 0 Å². The highest BCUT2D eigenvalue weighted by atomic mass is 16.4. The molecule has 0 bridgehead atoms. The molecule has 1 unspecified atom stereocenters. The fraction of sp³-hybridized carbons (Fsp3) is 0.167. The molecule has 7 heteroatoms. The summed E-state index contributed by atoms with van der Waals surface area (Å²) < 4.78 is 0. The zero-order valence-electron chi connectivity index (χ0n) is 6.38. The van der Waals surface area contributed by atoms with E-state index >= 15 is 0 Å². The third kappa shape index (κ3) is 0.905. The fourth-order valence-corrected chi connectivity index (χ4v) is 1.03. The average Bonchev–Trinajstić information content (AvgIpc) is 2.53. The Kier molecular flexibility index (Phi) is 1.37. The Morgan fingerprint density at radius 1 is 1.62 bits per heavy atom. The number of carboxylic acids is 1. The van der Waals surface area contributed by atoms with Gasteiger partial charge in [0.1, 0.15) is 11.4 Å². The van der Waals surface area contributed by atoms with Gasteiger partial charge in [0.25, 0.3) is 5.66 Å². The first-order valence-corrected chi connectivity index (χ1v) is 3.42. The van der Waals surface area contributed by atoms with E-state index < -0.39 is 11.6 Å². The van der Waals surface area contributed by atoms with Gasteiger partial charge in [0.15, 0.2) is 0 Å². The number of hydrogen-bond acceptors (Lipinski definition) is 6. The molecule has 3 N–H and O–H groups in total. The summed E-state index contributed by atoms with van der Waals surface area (Å²) in [6, 6.07) is 0. The lowest BCUT2D eigenvalue weighted by Crippen LogP contribution is -2.55. The van der Waals surface area contributed by atoms with Crippen LogP contribution in [0.1, 0.15) is 0 Å². The number of allylic oxidation sites excluding steroid dienone is 1. The zero-order chi connectivity index (χ0) is 9.47. The van der Waals surface area contributed by atoms with Crippen molar-refractivity contribution in [2.75, 3.05) is 0 Å². The summed E-state index contributed by atoms with van der Waals surface area (Å²) in [5.74, 6) is -1.30. The lowest BCUT2D eigenvalue weighted by molar-refractivity contribution is -0.140. The summed E-state index contributed by atoms with van der Waals surface area (Å²) in [6.45, 7) is 0. The molecule has 0 spiro atoms. The molecule has 13 heavy (non-hydrogen) atoms. The quantitative estimate of drug-likeness (QED) is 0.566. The van der Waals surface area contributed by atoms with Crippen molar-refractivity contribution < 1.29 is 9.90 Å². The third-order valence-electron chi connectivity index (χ3n) is 1.72. The second-order valence-electron chi connectivity index (χ2n) is 2.54. The zero-order valence-corrected chi connectivity index (χ0v) is 6.38. The highest BCUT2D eigenvalue weighted by Crippen LogP contribution is 2.18. The molecule has 1 atom stereocenters. The SMILES string of the molecule is NC1(C(=O)O)N=NN=C2C=CN=C21. The minimum atomic E-state index is -1.89. The van der Waals surface area contributed by atoms with Crippen molar-refractivity contribution in [1.29, 1.82) is 0 Å². The molecule has 0 aliphatic carbocycles. The van der Waals surface area contributed by atoms with Gasteiger partial charge in [-0.3, -0.25) is 10.7 Å². The molecule has 0 fully saturated rings. The van der Waals surface area contributed by atoms with Gasteiger partial charge in [0, 0.05) is 6.20 Å². The monoisotopic (exact) mass is 179 g/mol. The Hall–Kier alpha value is -1.89. The van der Waals surface area contributed by atoms with Crippen molar-refractivity contribution in [3.05, 3.63) is 12.3 Å². The Labute approximate surface area is 72.4 Å². The molecule has 0 aromatic rings. The number of aliphatic imine (C=N–C) groups is 1. The summed E-state index contributed by atoms with van der Waals surface area (Å²) in [5.41, 5.74) is 4.05. The number of hydrogen-bond donors (Lipinski definition) is 2. The van der Waals surface area contributed by atoms with Crippen LogP contribution in [-0.4, -0.2) is 28.2 Å². The summed E-state index contributed by atoms with van der Waals surface area (Å²) in [5, 5.41) is 19.0. The van der Waals surface area contributed by atoms with Crippen LogP contribution in [0.15, 0.2) is 32.7 Å². The van der Waals surface area contributed by atoms with Crippen LogP contribution in [0.25, 0.3) is 0 Å². The smallest absolute Gasteiger partial charge is 0.355 e. The number of rotatable bonds is 1. The van der Waals surface area contributed by atoms with Crippen molar-refractivity contribution in [2.45, 2.75) is 5.66 Å². The van der Waals surface area contributed by atoms with Gasteiger partial charge in [-0.25, -0.2) is 4.79 Å². The molecule has 2 rings (SSSR count). The summed E-state index contributed by atoms with van der Waals surface area (Å²) in [7, 11) is 0. The number of carboxylic acid groups (broad SMARTS) is 1. The maximum atomic E-state index is 10.8. The number of carbonyl (C=O) groups is 1. The molecule has 0 radical (unpaired) electrons. The number of nitrogens with two attached hydrogens (primary N) is 1. The molecule has 7 nitrogen and oxygen atoms in total. The van der Waals surface area contributed by atoms with E-state index in [0.717, 1.165) is 0 Å². The molecular formula is C6H5N5O2. The summed E-state index contributed by atoms with van der Waals surface area (Å²) in [4.78, 5) is 14.6. The van der Waals surface area contributed by atoms with E-state index in [1.54, 1.807) is 0 Å².